The highest BCUT2D eigenvalue weighted by atomic mass is 32.1. The van der Waals surface area contributed by atoms with Gasteiger partial charge in [-0.3, -0.25) is 14.7 Å². The van der Waals surface area contributed by atoms with Crippen LogP contribution >= 0.6 is 11.3 Å². The second kappa shape index (κ2) is 9.48. The van der Waals surface area contributed by atoms with Crippen molar-refractivity contribution in [1.29, 1.82) is 0 Å². The molecule has 0 saturated heterocycles. The molecule has 0 atom stereocenters. The van der Waals surface area contributed by atoms with Crippen LogP contribution in [-0.2, 0) is 6.54 Å². The lowest BCUT2D eigenvalue weighted by Crippen LogP contribution is -2.33. The van der Waals surface area contributed by atoms with E-state index in [1.54, 1.807) is 30.6 Å². The molecule has 3 heterocycles. The molecule has 0 aliphatic carbocycles. The van der Waals surface area contributed by atoms with Crippen LogP contribution in [0.4, 0.5) is 5.13 Å². The number of fused-ring (bicyclic) bond motifs is 4. The standard InChI is InChI=1S/C29H21N3O4S/c1-2-35-20-10-11-24-26(14-20)37-29(31-24)32(17-18-6-5-13-30-16-18)27(33)23-15-22-21-8-4-3-7-19(21)9-12-25(22)36-28(23)34/h3-16H,2,17H2,1H3. The number of aromatic nitrogens is 2. The average molecular weight is 508 g/mol. The molecular weight excluding hydrogens is 486 g/mol. The number of benzene rings is 3. The Morgan fingerprint density at radius 1 is 1.03 bits per heavy atom. The third-order valence-electron chi connectivity index (χ3n) is 6.07. The van der Waals surface area contributed by atoms with Crippen molar-refractivity contribution < 1.29 is 13.9 Å². The van der Waals surface area contributed by atoms with Crippen LogP contribution in [-0.4, -0.2) is 22.5 Å². The monoisotopic (exact) mass is 507 g/mol. The van der Waals surface area contributed by atoms with Crippen LogP contribution in [0, 0.1) is 0 Å². The van der Waals surface area contributed by atoms with Crippen molar-refractivity contribution in [2.45, 2.75) is 13.5 Å². The van der Waals surface area contributed by atoms with Gasteiger partial charge in [-0.25, -0.2) is 9.78 Å². The van der Waals surface area contributed by atoms with Crippen molar-refractivity contribution >= 4 is 54.3 Å². The van der Waals surface area contributed by atoms with Crippen LogP contribution < -0.4 is 15.3 Å². The van der Waals surface area contributed by atoms with Crippen molar-refractivity contribution in [3.05, 3.63) is 107 Å². The van der Waals surface area contributed by atoms with E-state index in [1.807, 2.05) is 61.5 Å². The average Bonchev–Trinajstić information content (AvgIpc) is 3.35. The van der Waals surface area contributed by atoms with E-state index >= 15 is 0 Å². The molecule has 182 valence electrons. The summed E-state index contributed by atoms with van der Waals surface area (Å²) >= 11 is 1.36. The Balaban J connectivity index is 1.49. The molecular formula is C29H21N3O4S. The molecule has 8 heteroatoms. The highest BCUT2D eigenvalue weighted by Crippen LogP contribution is 2.33. The summed E-state index contributed by atoms with van der Waals surface area (Å²) in [5.74, 6) is 0.244. The Bertz CT molecular complexity index is 1830. The number of amides is 1. The number of anilines is 1. The molecule has 6 rings (SSSR count). The van der Waals surface area contributed by atoms with Gasteiger partial charge in [-0.1, -0.05) is 47.7 Å². The van der Waals surface area contributed by atoms with Crippen molar-refractivity contribution in [3.63, 3.8) is 0 Å². The maximum atomic E-state index is 14.0. The minimum atomic E-state index is -0.691. The van der Waals surface area contributed by atoms with E-state index in [4.69, 9.17) is 14.1 Å². The van der Waals surface area contributed by atoms with Crippen LogP contribution in [0.3, 0.4) is 0 Å². The highest BCUT2D eigenvalue weighted by Gasteiger charge is 2.26. The number of thiazole rings is 1. The number of hydrogen-bond acceptors (Lipinski definition) is 7. The minimum absolute atomic E-state index is 0.0537. The normalized spacial score (nSPS) is 11.3. The molecule has 0 saturated carbocycles. The molecule has 1 amide bonds. The van der Waals surface area contributed by atoms with E-state index in [0.717, 1.165) is 32.3 Å². The summed E-state index contributed by atoms with van der Waals surface area (Å²) < 4.78 is 12.1. The van der Waals surface area contributed by atoms with Crippen LogP contribution in [0.5, 0.6) is 5.75 Å². The van der Waals surface area contributed by atoms with Gasteiger partial charge < -0.3 is 9.15 Å². The summed E-state index contributed by atoms with van der Waals surface area (Å²) in [6.45, 7) is 2.67. The van der Waals surface area contributed by atoms with Crippen LogP contribution in [0.25, 0.3) is 32.0 Å². The maximum absolute atomic E-state index is 14.0. The first-order valence-corrected chi connectivity index (χ1v) is 12.6. The molecule has 0 aliphatic heterocycles. The minimum Gasteiger partial charge on any atom is -0.494 e. The van der Waals surface area contributed by atoms with Gasteiger partial charge in [0.1, 0.15) is 16.9 Å². The smallest absolute Gasteiger partial charge is 0.349 e. The number of ether oxygens (including phenoxy) is 1. The summed E-state index contributed by atoms with van der Waals surface area (Å²) in [5, 5.41) is 3.06. The molecule has 0 aliphatic rings. The topological polar surface area (TPSA) is 85.5 Å². The van der Waals surface area contributed by atoms with Crippen LogP contribution in [0.1, 0.15) is 22.8 Å². The van der Waals surface area contributed by atoms with Gasteiger partial charge in [-0.05, 0) is 59.7 Å². The van der Waals surface area contributed by atoms with Gasteiger partial charge >= 0.3 is 5.63 Å². The van der Waals surface area contributed by atoms with E-state index in [0.29, 0.717) is 22.7 Å². The second-order valence-corrected chi connectivity index (χ2v) is 9.47. The fraction of sp³-hybridized carbons (Fsp3) is 0.103. The predicted molar refractivity (Wildman–Crippen MR) is 146 cm³/mol. The predicted octanol–water partition coefficient (Wildman–Crippen LogP) is 6.20. The molecule has 37 heavy (non-hydrogen) atoms. The molecule has 3 aromatic carbocycles. The van der Waals surface area contributed by atoms with Gasteiger partial charge in [0.2, 0.25) is 0 Å². The first kappa shape index (κ1) is 22.9. The molecule has 0 radical (unpaired) electrons. The van der Waals surface area contributed by atoms with E-state index < -0.39 is 11.5 Å². The Hall–Kier alpha value is -4.56. The van der Waals surface area contributed by atoms with Gasteiger partial charge in [-0.2, -0.15) is 0 Å². The second-order valence-electron chi connectivity index (χ2n) is 8.46. The summed E-state index contributed by atoms with van der Waals surface area (Å²) in [4.78, 5) is 37.4. The van der Waals surface area contributed by atoms with Gasteiger partial charge in [0.15, 0.2) is 5.13 Å². The molecule has 0 bridgehead atoms. The molecule has 0 unspecified atom stereocenters. The molecule has 6 aromatic rings. The first-order chi connectivity index (χ1) is 18.1. The van der Waals surface area contributed by atoms with Crippen molar-refractivity contribution in [2.75, 3.05) is 11.5 Å². The zero-order valence-electron chi connectivity index (χ0n) is 19.9. The Morgan fingerprint density at radius 2 is 1.92 bits per heavy atom. The zero-order valence-corrected chi connectivity index (χ0v) is 20.7. The van der Waals surface area contributed by atoms with Crippen LogP contribution in [0.2, 0.25) is 0 Å². The lowest BCUT2D eigenvalue weighted by atomic mass is 10.0. The Kier molecular flexibility index (Phi) is 5.86. The fourth-order valence-corrected chi connectivity index (χ4v) is 5.32. The first-order valence-electron chi connectivity index (χ1n) is 11.8. The Morgan fingerprint density at radius 3 is 2.76 bits per heavy atom. The zero-order chi connectivity index (χ0) is 25.4. The number of rotatable bonds is 6. The number of carbonyl (C=O) groups is 1. The molecule has 7 nitrogen and oxygen atoms in total. The molecule has 0 spiro atoms. The lowest BCUT2D eigenvalue weighted by molar-refractivity contribution is 0.0981. The lowest BCUT2D eigenvalue weighted by Gasteiger charge is -2.19. The third kappa shape index (κ3) is 4.32. The summed E-state index contributed by atoms with van der Waals surface area (Å²) in [6, 6.07) is 22.4. The van der Waals surface area contributed by atoms with Crippen molar-refractivity contribution in [3.8, 4) is 5.75 Å². The van der Waals surface area contributed by atoms with E-state index in [2.05, 4.69) is 4.98 Å². The maximum Gasteiger partial charge on any atom is 0.349 e. The van der Waals surface area contributed by atoms with Crippen molar-refractivity contribution in [2.24, 2.45) is 0 Å². The quantitative estimate of drug-likeness (QED) is 0.197. The molecule has 0 fully saturated rings. The molecule has 0 N–H and O–H groups in total. The summed E-state index contributed by atoms with van der Waals surface area (Å²) in [5.41, 5.74) is 1.23. The molecule has 3 aromatic heterocycles. The van der Waals surface area contributed by atoms with E-state index in [9.17, 15) is 9.59 Å². The fourth-order valence-electron chi connectivity index (χ4n) is 4.33. The third-order valence-corrected chi connectivity index (χ3v) is 7.11. The van der Waals surface area contributed by atoms with E-state index in [1.165, 1.54) is 16.2 Å². The summed E-state index contributed by atoms with van der Waals surface area (Å²) in [7, 11) is 0. The van der Waals surface area contributed by atoms with Crippen LogP contribution in [0.15, 0.2) is 94.4 Å². The number of hydrogen-bond donors (Lipinski definition) is 0. The SMILES string of the molecule is CCOc1ccc2nc(N(Cc3cccnc3)C(=O)c3cc4c(ccc5ccccc54)oc3=O)sc2c1. The Labute approximate surface area is 215 Å². The largest absolute Gasteiger partial charge is 0.494 e. The van der Waals surface area contributed by atoms with E-state index in [-0.39, 0.29) is 12.1 Å². The number of carbonyl (C=O) groups excluding carboxylic acids is 1. The number of pyridine rings is 1. The van der Waals surface area contributed by atoms with Gasteiger partial charge in [0, 0.05) is 17.8 Å². The van der Waals surface area contributed by atoms with Gasteiger partial charge in [0.25, 0.3) is 5.91 Å². The number of nitrogens with zero attached hydrogens (tertiary/aromatic N) is 3. The summed E-state index contributed by atoms with van der Waals surface area (Å²) in [6.07, 6.45) is 3.36. The van der Waals surface area contributed by atoms with Gasteiger partial charge in [0.05, 0.1) is 23.4 Å². The van der Waals surface area contributed by atoms with Gasteiger partial charge in [-0.15, -0.1) is 0 Å². The van der Waals surface area contributed by atoms with Crippen molar-refractivity contribution in [1.82, 2.24) is 9.97 Å². The highest BCUT2D eigenvalue weighted by molar-refractivity contribution is 7.22.